The molecular formula is C18H17NO2. The number of hydrogen-bond donors (Lipinski definition) is 0. The Morgan fingerprint density at radius 1 is 1.10 bits per heavy atom. The summed E-state index contributed by atoms with van der Waals surface area (Å²) in [5.41, 5.74) is 2.88. The summed E-state index contributed by atoms with van der Waals surface area (Å²) in [5.74, 6) is 0.670. The van der Waals surface area contributed by atoms with Gasteiger partial charge in [-0.2, -0.15) is 0 Å². The lowest BCUT2D eigenvalue weighted by atomic mass is 10.1. The van der Waals surface area contributed by atoms with Gasteiger partial charge in [0.2, 0.25) is 0 Å². The van der Waals surface area contributed by atoms with Gasteiger partial charge in [0.25, 0.3) is 0 Å². The van der Waals surface area contributed by atoms with Crippen molar-refractivity contribution in [3.63, 3.8) is 0 Å². The summed E-state index contributed by atoms with van der Waals surface area (Å²) in [7, 11) is 1.58. The molecule has 0 bridgehead atoms. The van der Waals surface area contributed by atoms with Gasteiger partial charge >= 0.3 is 0 Å². The SMILES string of the molecule is COc1ccccc1C(=O)Cn1cc(C)c2ccccc21. The predicted molar refractivity (Wildman–Crippen MR) is 84.0 cm³/mol. The first-order chi connectivity index (χ1) is 10.2. The molecule has 0 radical (unpaired) electrons. The van der Waals surface area contributed by atoms with E-state index < -0.39 is 0 Å². The molecule has 2 aromatic carbocycles. The number of carbonyl (C=O) groups is 1. The minimum absolute atomic E-state index is 0.0493. The van der Waals surface area contributed by atoms with Crippen molar-refractivity contribution < 1.29 is 9.53 Å². The van der Waals surface area contributed by atoms with Crippen LogP contribution >= 0.6 is 0 Å². The number of hydrogen-bond acceptors (Lipinski definition) is 2. The van der Waals surface area contributed by atoms with Crippen molar-refractivity contribution in [3.8, 4) is 5.75 Å². The maximum absolute atomic E-state index is 12.5. The second kappa shape index (κ2) is 5.44. The number of Topliss-reactive ketones (excluding diaryl/α,β-unsaturated/α-hetero) is 1. The number of carbonyl (C=O) groups excluding carboxylic acids is 1. The highest BCUT2D eigenvalue weighted by molar-refractivity contribution is 5.99. The van der Waals surface area contributed by atoms with Crippen LogP contribution in [0.2, 0.25) is 0 Å². The Balaban J connectivity index is 1.97. The highest BCUT2D eigenvalue weighted by Gasteiger charge is 2.14. The minimum Gasteiger partial charge on any atom is -0.496 e. The van der Waals surface area contributed by atoms with Crippen LogP contribution in [0.15, 0.2) is 54.7 Å². The number of methoxy groups -OCH3 is 1. The number of ether oxygens (including phenoxy) is 1. The molecular weight excluding hydrogens is 262 g/mol. The van der Waals surface area contributed by atoms with Crippen molar-refractivity contribution in [2.45, 2.75) is 13.5 Å². The fraction of sp³-hybridized carbons (Fsp3) is 0.167. The van der Waals surface area contributed by atoms with Crippen LogP contribution in [-0.2, 0) is 6.54 Å². The Labute approximate surface area is 123 Å². The number of aromatic nitrogens is 1. The van der Waals surface area contributed by atoms with Crippen molar-refractivity contribution in [1.82, 2.24) is 4.57 Å². The van der Waals surface area contributed by atoms with Crippen LogP contribution in [0.5, 0.6) is 5.75 Å². The van der Waals surface area contributed by atoms with Crippen molar-refractivity contribution in [1.29, 1.82) is 0 Å². The molecule has 0 aliphatic heterocycles. The van der Waals surface area contributed by atoms with Gasteiger partial charge in [0, 0.05) is 17.1 Å². The van der Waals surface area contributed by atoms with E-state index >= 15 is 0 Å². The molecule has 0 unspecified atom stereocenters. The molecule has 0 fully saturated rings. The molecule has 0 saturated carbocycles. The predicted octanol–water partition coefficient (Wildman–Crippen LogP) is 3.84. The first kappa shape index (κ1) is 13.4. The van der Waals surface area contributed by atoms with Crippen LogP contribution in [0.3, 0.4) is 0 Å². The molecule has 3 rings (SSSR count). The molecule has 106 valence electrons. The van der Waals surface area contributed by atoms with Crippen LogP contribution in [0.25, 0.3) is 10.9 Å². The first-order valence-corrected chi connectivity index (χ1v) is 6.91. The molecule has 1 aromatic heterocycles. The van der Waals surface area contributed by atoms with E-state index in [1.54, 1.807) is 13.2 Å². The van der Waals surface area contributed by atoms with Gasteiger partial charge in [0.1, 0.15) is 5.75 Å². The number of aryl methyl sites for hydroxylation is 1. The van der Waals surface area contributed by atoms with Gasteiger partial charge < -0.3 is 9.30 Å². The fourth-order valence-electron chi connectivity index (χ4n) is 2.68. The number of fused-ring (bicyclic) bond motifs is 1. The van der Waals surface area contributed by atoms with Crippen LogP contribution in [0, 0.1) is 6.92 Å². The highest BCUT2D eigenvalue weighted by Crippen LogP contribution is 2.23. The van der Waals surface area contributed by atoms with E-state index in [2.05, 4.69) is 13.0 Å². The quantitative estimate of drug-likeness (QED) is 0.679. The lowest BCUT2D eigenvalue weighted by Gasteiger charge is -2.08. The summed E-state index contributed by atoms with van der Waals surface area (Å²) in [6.07, 6.45) is 2.03. The third kappa shape index (κ3) is 2.42. The zero-order valence-electron chi connectivity index (χ0n) is 12.2. The van der Waals surface area contributed by atoms with E-state index in [9.17, 15) is 4.79 Å². The van der Waals surface area contributed by atoms with E-state index in [4.69, 9.17) is 4.74 Å². The smallest absolute Gasteiger partial charge is 0.186 e. The van der Waals surface area contributed by atoms with Gasteiger partial charge in [0.15, 0.2) is 5.78 Å². The summed E-state index contributed by atoms with van der Waals surface area (Å²) >= 11 is 0. The van der Waals surface area contributed by atoms with E-state index in [1.165, 1.54) is 10.9 Å². The van der Waals surface area contributed by atoms with Gasteiger partial charge in [-0.25, -0.2) is 0 Å². The van der Waals surface area contributed by atoms with Crippen LogP contribution in [0.1, 0.15) is 15.9 Å². The Bertz CT molecular complexity index is 802. The average molecular weight is 279 g/mol. The van der Waals surface area contributed by atoms with Gasteiger partial charge in [-0.1, -0.05) is 30.3 Å². The Morgan fingerprint density at radius 2 is 1.81 bits per heavy atom. The third-order valence-electron chi connectivity index (χ3n) is 3.71. The van der Waals surface area contributed by atoms with Gasteiger partial charge in [-0.3, -0.25) is 4.79 Å². The first-order valence-electron chi connectivity index (χ1n) is 6.91. The molecule has 0 saturated heterocycles. The van der Waals surface area contributed by atoms with E-state index in [0.717, 1.165) is 5.52 Å². The number of rotatable bonds is 4. The topological polar surface area (TPSA) is 31.2 Å². The van der Waals surface area contributed by atoms with Crippen molar-refractivity contribution in [2.75, 3.05) is 7.11 Å². The van der Waals surface area contributed by atoms with E-state index in [1.807, 2.05) is 47.2 Å². The molecule has 0 aliphatic rings. The highest BCUT2D eigenvalue weighted by atomic mass is 16.5. The normalized spacial score (nSPS) is 10.8. The summed E-state index contributed by atoms with van der Waals surface area (Å²) in [5, 5.41) is 1.19. The molecule has 3 heteroatoms. The Hall–Kier alpha value is -2.55. The van der Waals surface area contributed by atoms with Gasteiger partial charge in [-0.15, -0.1) is 0 Å². The molecule has 0 N–H and O–H groups in total. The lowest BCUT2D eigenvalue weighted by molar-refractivity contribution is 0.0970. The second-order valence-electron chi connectivity index (χ2n) is 5.08. The summed E-state index contributed by atoms with van der Waals surface area (Å²) in [4.78, 5) is 12.5. The zero-order valence-corrected chi connectivity index (χ0v) is 12.2. The van der Waals surface area contributed by atoms with Crippen LogP contribution in [-0.4, -0.2) is 17.5 Å². The van der Waals surface area contributed by atoms with Crippen LogP contribution in [0.4, 0.5) is 0 Å². The zero-order chi connectivity index (χ0) is 14.8. The fourth-order valence-corrected chi connectivity index (χ4v) is 2.68. The van der Waals surface area contributed by atoms with Crippen molar-refractivity contribution >= 4 is 16.7 Å². The van der Waals surface area contributed by atoms with Crippen molar-refractivity contribution in [2.24, 2.45) is 0 Å². The number of ketones is 1. The molecule has 1 heterocycles. The molecule has 0 atom stereocenters. The monoisotopic (exact) mass is 279 g/mol. The Kier molecular flexibility index (Phi) is 3.48. The summed E-state index contributed by atoms with van der Waals surface area (Å²) in [6, 6.07) is 15.5. The standard InChI is InChI=1S/C18H17NO2/c1-13-11-19(16-9-5-3-7-14(13)16)12-17(20)15-8-4-6-10-18(15)21-2/h3-11H,12H2,1-2H3. The lowest BCUT2D eigenvalue weighted by Crippen LogP contribution is -2.10. The maximum atomic E-state index is 12.5. The number of para-hydroxylation sites is 2. The largest absolute Gasteiger partial charge is 0.496 e. The van der Waals surface area contributed by atoms with Crippen LogP contribution < -0.4 is 4.74 Å². The number of nitrogens with zero attached hydrogens (tertiary/aromatic N) is 1. The van der Waals surface area contributed by atoms with Crippen molar-refractivity contribution in [3.05, 3.63) is 65.9 Å². The van der Waals surface area contributed by atoms with Gasteiger partial charge in [-0.05, 0) is 30.7 Å². The molecule has 0 aliphatic carbocycles. The third-order valence-corrected chi connectivity index (χ3v) is 3.71. The minimum atomic E-state index is 0.0493. The Morgan fingerprint density at radius 3 is 2.62 bits per heavy atom. The van der Waals surface area contributed by atoms with Gasteiger partial charge in [0.05, 0.1) is 19.2 Å². The second-order valence-corrected chi connectivity index (χ2v) is 5.08. The summed E-state index contributed by atoms with van der Waals surface area (Å²) in [6.45, 7) is 2.38. The average Bonchev–Trinajstić information content (AvgIpc) is 2.84. The van der Waals surface area contributed by atoms with E-state index in [0.29, 0.717) is 17.9 Å². The molecule has 3 nitrogen and oxygen atoms in total. The molecule has 0 amide bonds. The summed E-state index contributed by atoms with van der Waals surface area (Å²) < 4.78 is 7.27. The number of benzene rings is 2. The van der Waals surface area contributed by atoms with E-state index in [-0.39, 0.29) is 5.78 Å². The molecule has 3 aromatic rings. The maximum Gasteiger partial charge on any atom is 0.186 e. The molecule has 0 spiro atoms. The molecule has 21 heavy (non-hydrogen) atoms.